The van der Waals surface area contributed by atoms with Crippen LogP contribution >= 0.6 is 0 Å². The van der Waals surface area contributed by atoms with Crippen molar-refractivity contribution in [3.63, 3.8) is 0 Å². The number of piperidine rings is 1. The Morgan fingerprint density at radius 2 is 1.89 bits per heavy atom. The Bertz CT molecular complexity index is 299. The van der Waals surface area contributed by atoms with E-state index in [1.54, 1.807) is 0 Å². The van der Waals surface area contributed by atoms with Crippen LogP contribution in [0.1, 0.15) is 39.5 Å². The van der Waals surface area contributed by atoms with Crippen molar-refractivity contribution in [1.82, 2.24) is 9.80 Å². The third-order valence-corrected chi connectivity index (χ3v) is 4.48. The molecule has 110 valence electrons. The van der Waals surface area contributed by atoms with Crippen LogP contribution in [0.2, 0.25) is 0 Å². The van der Waals surface area contributed by atoms with Crippen LogP contribution in [0.15, 0.2) is 0 Å². The molecule has 1 atom stereocenters. The van der Waals surface area contributed by atoms with Crippen LogP contribution < -0.4 is 0 Å². The summed E-state index contributed by atoms with van der Waals surface area (Å²) in [4.78, 5) is 15.9. The molecule has 2 aliphatic rings. The SMILES string of the molecule is CC(C)CN1CCC(N2CCC(CC(=O)O)C2)CC1. The van der Waals surface area contributed by atoms with Crippen LogP contribution in [0.25, 0.3) is 0 Å². The highest BCUT2D eigenvalue weighted by Crippen LogP contribution is 2.26. The Balaban J connectivity index is 1.72. The molecule has 2 fully saturated rings. The van der Waals surface area contributed by atoms with Crippen LogP contribution in [-0.4, -0.2) is 59.6 Å². The highest BCUT2D eigenvalue weighted by Gasteiger charge is 2.31. The van der Waals surface area contributed by atoms with Crippen molar-refractivity contribution in [1.29, 1.82) is 0 Å². The average molecular weight is 268 g/mol. The monoisotopic (exact) mass is 268 g/mol. The van der Waals surface area contributed by atoms with Crippen molar-refractivity contribution >= 4 is 5.97 Å². The van der Waals surface area contributed by atoms with E-state index in [1.165, 1.54) is 32.5 Å². The van der Waals surface area contributed by atoms with Gasteiger partial charge < -0.3 is 10.0 Å². The van der Waals surface area contributed by atoms with Gasteiger partial charge in [-0.3, -0.25) is 9.69 Å². The van der Waals surface area contributed by atoms with E-state index in [-0.39, 0.29) is 0 Å². The molecule has 2 heterocycles. The summed E-state index contributed by atoms with van der Waals surface area (Å²) in [5.74, 6) is 0.494. The van der Waals surface area contributed by atoms with Gasteiger partial charge in [0, 0.05) is 25.6 Å². The van der Waals surface area contributed by atoms with Crippen molar-refractivity contribution in [3.05, 3.63) is 0 Å². The minimum atomic E-state index is -0.640. The zero-order valence-electron chi connectivity index (χ0n) is 12.3. The first kappa shape index (κ1) is 14.8. The van der Waals surface area contributed by atoms with Gasteiger partial charge in [-0.2, -0.15) is 0 Å². The van der Waals surface area contributed by atoms with Gasteiger partial charge in [0.15, 0.2) is 0 Å². The predicted molar refractivity (Wildman–Crippen MR) is 76.2 cm³/mol. The second-order valence-electron chi connectivity index (χ2n) is 6.67. The summed E-state index contributed by atoms with van der Waals surface area (Å²) in [5, 5.41) is 8.86. The lowest BCUT2D eigenvalue weighted by atomic mass is 10.0. The standard InChI is InChI=1S/C15H28N2O2/c1-12(2)10-16-6-4-14(5-7-16)17-8-3-13(11-17)9-15(18)19/h12-14H,3-11H2,1-2H3,(H,18,19). The number of likely N-dealkylation sites (tertiary alicyclic amines) is 2. The fraction of sp³-hybridized carbons (Fsp3) is 0.933. The maximum Gasteiger partial charge on any atom is 0.303 e. The molecule has 0 spiro atoms. The molecule has 0 amide bonds. The maximum atomic E-state index is 10.8. The van der Waals surface area contributed by atoms with Crippen LogP contribution in [0.3, 0.4) is 0 Å². The van der Waals surface area contributed by atoms with Crippen molar-refractivity contribution in [2.75, 3.05) is 32.7 Å². The van der Waals surface area contributed by atoms with Gasteiger partial charge in [0.05, 0.1) is 0 Å². The molecule has 2 saturated heterocycles. The Morgan fingerprint density at radius 1 is 1.21 bits per heavy atom. The first-order valence-electron chi connectivity index (χ1n) is 7.72. The number of hydrogen-bond acceptors (Lipinski definition) is 3. The summed E-state index contributed by atoms with van der Waals surface area (Å²) in [7, 11) is 0. The summed E-state index contributed by atoms with van der Waals surface area (Å²) in [6.07, 6.45) is 3.93. The normalized spacial score (nSPS) is 27.2. The number of nitrogens with zero attached hydrogens (tertiary/aromatic N) is 2. The molecular weight excluding hydrogens is 240 g/mol. The molecule has 0 saturated carbocycles. The van der Waals surface area contributed by atoms with Gasteiger partial charge in [-0.1, -0.05) is 13.8 Å². The van der Waals surface area contributed by atoms with Gasteiger partial charge in [0.2, 0.25) is 0 Å². The van der Waals surface area contributed by atoms with Crippen LogP contribution in [0.5, 0.6) is 0 Å². The minimum absolute atomic E-state index is 0.350. The highest BCUT2D eigenvalue weighted by atomic mass is 16.4. The van der Waals surface area contributed by atoms with E-state index in [1.807, 2.05) is 0 Å². The average Bonchev–Trinajstić information content (AvgIpc) is 2.76. The first-order valence-corrected chi connectivity index (χ1v) is 7.72. The summed E-state index contributed by atoms with van der Waals surface area (Å²) >= 11 is 0. The molecule has 2 aliphatic heterocycles. The van der Waals surface area contributed by atoms with E-state index in [0.717, 1.165) is 25.4 Å². The zero-order valence-corrected chi connectivity index (χ0v) is 12.3. The molecular formula is C15H28N2O2. The lowest BCUT2D eigenvalue weighted by molar-refractivity contribution is -0.138. The number of carboxylic acid groups (broad SMARTS) is 1. The van der Waals surface area contributed by atoms with Crippen molar-refractivity contribution in [3.8, 4) is 0 Å². The zero-order chi connectivity index (χ0) is 13.8. The van der Waals surface area contributed by atoms with Crippen molar-refractivity contribution in [2.45, 2.75) is 45.6 Å². The molecule has 0 aromatic rings. The topological polar surface area (TPSA) is 43.8 Å². The van der Waals surface area contributed by atoms with Gasteiger partial charge in [-0.15, -0.1) is 0 Å². The largest absolute Gasteiger partial charge is 0.481 e. The lowest BCUT2D eigenvalue weighted by Gasteiger charge is -2.37. The van der Waals surface area contributed by atoms with E-state index < -0.39 is 5.97 Å². The Hall–Kier alpha value is -0.610. The van der Waals surface area contributed by atoms with E-state index in [0.29, 0.717) is 18.4 Å². The molecule has 0 bridgehead atoms. The summed E-state index contributed by atoms with van der Waals surface area (Å²) in [5.41, 5.74) is 0. The lowest BCUT2D eigenvalue weighted by Crippen LogP contribution is -2.45. The third kappa shape index (κ3) is 4.46. The van der Waals surface area contributed by atoms with E-state index >= 15 is 0 Å². The van der Waals surface area contributed by atoms with E-state index in [4.69, 9.17) is 5.11 Å². The molecule has 2 rings (SSSR count). The molecule has 1 N–H and O–H groups in total. The van der Waals surface area contributed by atoms with Gasteiger partial charge in [-0.25, -0.2) is 0 Å². The van der Waals surface area contributed by atoms with E-state index in [9.17, 15) is 4.79 Å². The van der Waals surface area contributed by atoms with E-state index in [2.05, 4.69) is 23.6 Å². The molecule has 0 aromatic heterocycles. The van der Waals surface area contributed by atoms with Gasteiger partial charge in [0.25, 0.3) is 0 Å². The Labute approximate surface area is 116 Å². The minimum Gasteiger partial charge on any atom is -0.481 e. The molecule has 0 radical (unpaired) electrons. The summed E-state index contributed by atoms with van der Waals surface area (Å²) < 4.78 is 0. The Morgan fingerprint density at radius 3 is 2.47 bits per heavy atom. The quantitative estimate of drug-likeness (QED) is 0.827. The van der Waals surface area contributed by atoms with Crippen molar-refractivity contribution in [2.24, 2.45) is 11.8 Å². The predicted octanol–water partition coefficient (Wildman–Crippen LogP) is 1.90. The van der Waals surface area contributed by atoms with Crippen LogP contribution in [0.4, 0.5) is 0 Å². The molecule has 0 aromatic carbocycles. The highest BCUT2D eigenvalue weighted by molar-refractivity contribution is 5.67. The second-order valence-corrected chi connectivity index (χ2v) is 6.67. The van der Waals surface area contributed by atoms with Gasteiger partial charge in [0.1, 0.15) is 0 Å². The Kier molecular flexibility index (Phi) is 5.22. The molecule has 4 nitrogen and oxygen atoms in total. The smallest absolute Gasteiger partial charge is 0.303 e. The molecule has 4 heteroatoms. The van der Waals surface area contributed by atoms with Crippen LogP contribution in [0, 0.1) is 11.8 Å². The molecule has 0 aliphatic carbocycles. The fourth-order valence-corrected chi connectivity index (χ4v) is 3.59. The molecule has 19 heavy (non-hydrogen) atoms. The van der Waals surface area contributed by atoms with Gasteiger partial charge in [-0.05, 0) is 50.7 Å². The summed E-state index contributed by atoms with van der Waals surface area (Å²) in [6, 6.07) is 0.696. The summed E-state index contributed by atoms with van der Waals surface area (Å²) in [6.45, 7) is 10.3. The van der Waals surface area contributed by atoms with Crippen LogP contribution in [-0.2, 0) is 4.79 Å². The second kappa shape index (κ2) is 6.71. The number of aliphatic carboxylic acids is 1. The van der Waals surface area contributed by atoms with Gasteiger partial charge >= 0.3 is 5.97 Å². The number of hydrogen-bond donors (Lipinski definition) is 1. The number of carbonyl (C=O) groups is 1. The fourth-order valence-electron chi connectivity index (χ4n) is 3.59. The molecule has 1 unspecified atom stereocenters. The first-order chi connectivity index (χ1) is 9.04. The van der Waals surface area contributed by atoms with Crippen molar-refractivity contribution < 1.29 is 9.90 Å². The maximum absolute atomic E-state index is 10.8. The number of carboxylic acids is 1. The third-order valence-electron chi connectivity index (χ3n) is 4.48. The number of rotatable bonds is 5.